The van der Waals surface area contributed by atoms with Crippen LogP contribution in [0.15, 0.2) is 36.4 Å². The van der Waals surface area contributed by atoms with Crippen molar-refractivity contribution < 1.29 is 4.79 Å². The highest BCUT2D eigenvalue weighted by atomic mass is 35.5. The van der Waals surface area contributed by atoms with E-state index in [1.165, 1.54) is 10.4 Å². The average Bonchev–Trinajstić information content (AvgIpc) is 2.78. The number of thioether (sulfide) groups is 1. The summed E-state index contributed by atoms with van der Waals surface area (Å²) in [5.41, 5.74) is 1.19. The fraction of sp³-hybridized carbons (Fsp3) is 0.214. The predicted molar refractivity (Wildman–Crippen MR) is 81.0 cm³/mol. The van der Waals surface area contributed by atoms with E-state index in [2.05, 4.69) is 0 Å². The van der Waals surface area contributed by atoms with Crippen molar-refractivity contribution in [2.24, 2.45) is 0 Å². The molecular formula is C14H13ClOS2. The Bertz CT molecular complexity index is 531. The van der Waals surface area contributed by atoms with E-state index in [4.69, 9.17) is 11.6 Å². The Kier molecular flexibility index (Phi) is 4.87. The van der Waals surface area contributed by atoms with Crippen LogP contribution in [0.25, 0.3) is 0 Å². The molecule has 0 N–H and O–H groups in total. The van der Waals surface area contributed by atoms with Gasteiger partial charge in [0, 0.05) is 15.7 Å². The normalized spacial score (nSPS) is 10.6. The van der Waals surface area contributed by atoms with Gasteiger partial charge in [-0.3, -0.25) is 4.79 Å². The summed E-state index contributed by atoms with van der Waals surface area (Å²) in [6.45, 7) is 2.02. The summed E-state index contributed by atoms with van der Waals surface area (Å²) in [4.78, 5) is 13.9. The maximum absolute atomic E-state index is 11.9. The molecule has 2 aromatic rings. The number of carbonyl (C=O) groups is 1. The van der Waals surface area contributed by atoms with E-state index < -0.39 is 0 Å². The van der Waals surface area contributed by atoms with Crippen LogP contribution in [0.3, 0.4) is 0 Å². The van der Waals surface area contributed by atoms with Crippen molar-refractivity contribution in [2.75, 3.05) is 5.75 Å². The zero-order valence-electron chi connectivity index (χ0n) is 9.98. The fourth-order valence-corrected chi connectivity index (χ4v) is 3.39. The second-order valence-electron chi connectivity index (χ2n) is 3.95. The van der Waals surface area contributed by atoms with E-state index in [0.29, 0.717) is 5.75 Å². The summed E-state index contributed by atoms with van der Waals surface area (Å²) in [7, 11) is 0. The van der Waals surface area contributed by atoms with Crippen LogP contribution in [0.2, 0.25) is 5.02 Å². The highest BCUT2D eigenvalue weighted by Crippen LogP contribution is 2.20. The lowest BCUT2D eigenvalue weighted by Crippen LogP contribution is -1.99. The van der Waals surface area contributed by atoms with Gasteiger partial charge < -0.3 is 0 Å². The Labute approximate surface area is 120 Å². The van der Waals surface area contributed by atoms with Crippen molar-refractivity contribution in [1.82, 2.24) is 0 Å². The lowest BCUT2D eigenvalue weighted by atomic mass is 10.2. The van der Waals surface area contributed by atoms with Gasteiger partial charge in [0.15, 0.2) is 5.78 Å². The predicted octanol–water partition coefficient (Wildman–Crippen LogP) is 4.83. The van der Waals surface area contributed by atoms with E-state index in [-0.39, 0.29) is 5.78 Å². The van der Waals surface area contributed by atoms with Crippen molar-refractivity contribution in [2.45, 2.75) is 12.7 Å². The van der Waals surface area contributed by atoms with Crippen molar-refractivity contribution >= 4 is 40.5 Å². The van der Waals surface area contributed by atoms with Gasteiger partial charge in [-0.25, -0.2) is 0 Å². The third kappa shape index (κ3) is 3.87. The zero-order chi connectivity index (χ0) is 13.0. The number of thiophene rings is 1. The molecule has 1 aromatic carbocycles. The van der Waals surface area contributed by atoms with Gasteiger partial charge in [-0.05, 0) is 36.8 Å². The number of halogens is 1. The molecule has 0 bridgehead atoms. The molecule has 0 radical (unpaired) electrons. The Morgan fingerprint density at radius 2 is 1.94 bits per heavy atom. The van der Waals surface area contributed by atoms with Gasteiger partial charge >= 0.3 is 0 Å². The maximum atomic E-state index is 11.9. The molecule has 0 fully saturated rings. The number of hydrogen-bond donors (Lipinski definition) is 0. The van der Waals surface area contributed by atoms with Gasteiger partial charge in [0.25, 0.3) is 0 Å². The van der Waals surface area contributed by atoms with E-state index in [0.717, 1.165) is 15.7 Å². The lowest BCUT2D eigenvalue weighted by Gasteiger charge is -2.01. The second kappa shape index (κ2) is 6.41. The molecule has 0 unspecified atom stereocenters. The first-order chi connectivity index (χ1) is 8.65. The van der Waals surface area contributed by atoms with Crippen LogP contribution >= 0.6 is 34.7 Å². The quantitative estimate of drug-likeness (QED) is 0.735. The van der Waals surface area contributed by atoms with E-state index in [1.54, 1.807) is 23.1 Å². The molecule has 1 nitrogen and oxygen atoms in total. The third-order valence-corrected chi connectivity index (χ3v) is 4.73. The summed E-state index contributed by atoms with van der Waals surface area (Å²) in [5, 5.41) is 0.744. The van der Waals surface area contributed by atoms with Crippen molar-refractivity contribution in [3.8, 4) is 0 Å². The molecular weight excluding hydrogens is 284 g/mol. The lowest BCUT2D eigenvalue weighted by molar-refractivity contribution is 0.102. The number of benzene rings is 1. The van der Waals surface area contributed by atoms with E-state index in [1.807, 2.05) is 43.3 Å². The molecule has 0 saturated carbocycles. The van der Waals surface area contributed by atoms with Gasteiger partial charge in [0.05, 0.1) is 10.6 Å². The van der Waals surface area contributed by atoms with E-state index >= 15 is 0 Å². The molecule has 1 aromatic heterocycles. The molecule has 0 amide bonds. The SMILES string of the molecule is Cc1ccc(C(=O)CSCc2ccc(Cl)cc2)s1. The number of carbonyl (C=O) groups excluding carboxylic acids is 1. The molecule has 0 atom stereocenters. The Balaban J connectivity index is 1.82. The van der Waals surface area contributed by atoms with Crippen molar-refractivity contribution in [3.05, 3.63) is 56.7 Å². The molecule has 0 aliphatic carbocycles. The number of aryl methyl sites for hydroxylation is 1. The molecule has 0 saturated heterocycles. The minimum absolute atomic E-state index is 0.215. The van der Waals surface area contributed by atoms with Gasteiger partial charge in [-0.1, -0.05) is 23.7 Å². The second-order valence-corrected chi connectivity index (χ2v) is 6.66. The topological polar surface area (TPSA) is 17.1 Å². The first kappa shape index (κ1) is 13.7. The average molecular weight is 297 g/mol. The number of rotatable bonds is 5. The zero-order valence-corrected chi connectivity index (χ0v) is 12.4. The minimum atomic E-state index is 0.215. The fourth-order valence-electron chi connectivity index (χ4n) is 1.50. The largest absolute Gasteiger partial charge is 0.292 e. The summed E-state index contributed by atoms with van der Waals surface area (Å²) in [6.07, 6.45) is 0. The van der Waals surface area contributed by atoms with E-state index in [9.17, 15) is 4.79 Å². The van der Waals surface area contributed by atoms with Crippen LogP contribution in [0.4, 0.5) is 0 Å². The molecule has 4 heteroatoms. The first-order valence-electron chi connectivity index (χ1n) is 5.57. The van der Waals surface area contributed by atoms with Crippen LogP contribution in [0.1, 0.15) is 20.1 Å². The Morgan fingerprint density at radius 1 is 1.22 bits per heavy atom. The summed E-state index contributed by atoms with van der Waals surface area (Å²) in [6, 6.07) is 11.6. The van der Waals surface area contributed by atoms with Crippen LogP contribution in [-0.4, -0.2) is 11.5 Å². The van der Waals surface area contributed by atoms with Crippen molar-refractivity contribution in [3.63, 3.8) is 0 Å². The number of hydrogen-bond acceptors (Lipinski definition) is 3. The van der Waals surface area contributed by atoms with Crippen LogP contribution < -0.4 is 0 Å². The summed E-state index contributed by atoms with van der Waals surface area (Å²) < 4.78 is 0. The van der Waals surface area contributed by atoms with Gasteiger partial charge in [0.2, 0.25) is 0 Å². The molecule has 0 spiro atoms. The van der Waals surface area contributed by atoms with Crippen LogP contribution in [-0.2, 0) is 5.75 Å². The standard InChI is InChI=1S/C14H13ClOS2/c1-10-2-7-14(18-10)13(16)9-17-8-11-3-5-12(15)6-4-11/h2-7H,8-9H2,1H3. The first-order valence-corrected chi connectivity index (χ1v) is 7.92. The van der Waals surface area contributed by atoms with Gasteiger partial charge in [-0.15, -0.1) is 23.1 Å². The van der Waals surface area contributed by atoms with Crippen molar-refractivity contribution in [1.29, 1.82) is 0 Å². The number of Topliss-reactive ketones (excluding diaryl/α,β-unsaturated/α-hetero) is 1. The number of ketones is 1. The Hall–Kier alpha value is -0.770. The van der Waals surface area contributed by atoms with Crippen LogP contribution in [0, 0.1) is 6.92 Å². The van der Waals surface area contributed by atoms with Crippen LogP contribution in [0.5, 0.6) is 0 Å². The highest BCUT2D eigenvalue weighted by Gasteiger charge is 2.08. The molecule has 0 aliphatic heterocycles. The monoisotopic (exact) mass is 296 g/mol. The Morgan fingerprint density at radius 3 is 2.56 bits per heavy atom. The summed E-state index contributed by atoms with van der Waals surface area (Å²) in [5.74, 6) is 1.59. The smallest absolute Gasteiger partial charge is 0.182 e. The molecule has 0 aliphatic rings. The highest BCUT2D eigenvalue weighted by molar-refractivity contribution is 7.99. The van der Waals surface area contributed by atoms with Gasteiger partial charge in [-0.2, -0.15) is 0 Å². The minimum Gasteiger partial charge on any atom is -0.292 e. The maximum Gasteiger partial charge on any atom is 0.182 e. The molecule has 2 rings (SSSR count). The summed E-state index contributed by atoms with van der Waals surface area (Å²) >= 11 is 9.02. The molecule has 94 valence electrons. The third-order valence-electron chi connectivity index (χ3n) is 2.43. The molecule has 18 heavy (non-hydrogen) atoms. The molecule has 1 heterocycles. The van der Waals surface area contributed by atoms with Gasteiger partial charge in [0.1, 0.15) is 0 Å².